The molecule has 0 saturated heterocycles. The maximum absolute atomic E-state index is 14.9. The first kappa shape index (κ1) is 26.7. The number of pyridine rings is 3. The first-order chi connectivity index (χ1) is 20.9. The van der Waals surface area contributed by atoms with Crippen molar-refractivity contribution in [2.24, 2.45) is 5.11 Å². The Morgan fingerprint density at radius 2 is 1.86 bits per heavy atom. The second-order valence-corrected chi connectivity index (χ2v) is 11.1. The van der Waals surface area contributed by atoms with Crippen LogP contribution in [0.25, 0.3) is 10.4 Å². The molecule has 4 atom stereocenters. The second-order valence-electron chi connectivity index (χ2n) is 11.1. The Kier molecular flexibility index (Phi) is 6.36. The molecule has 0 fully saturated rings. The minimum atomic E-state index is -0.991. The molecule has 0 bridgehead atoms. The Bertz CT molecular complexity index is 1860. The van der Waals surface area contributed by atoms with Gasteiger partial charge in [0, 0.05) is 41.2 Å². The molecule has 12 heteroatoms. The average Bonchev–Trinajstić information content (AvgIpc) is 3.49. The van der Waals surface area contributed by atoms with Gasteiger partial charge < -0.3 is 10.6 Å². The second kappa shape index (κ2) is 10.2. The van der Waals surface area contributed by atoms with Gasteiger partial charge in [-0.2, -0.15) is 0 Å². The van der Waals surface area contributed by atoms with E-state index in [9.17, 15) is 23.9 Å². The topological polar surface area (TPSA) is 146 Å². The number of hydrogen-bond donors (Lipinski definition) is 2. The molecular formula is C31H24F2N8O2. The number of rotatable bonds is 4. The van der Waals surface area contributed by atoms with Crippen molar-refractivity contribution in [2.45, 2.75) is 49.1 Å². The lowest BCUT2D eigenvalue weighted by Gasteiger charge is -2.23. The molecule has 1 spiro atoms. The highest BCUT2D eigenvalue weighted by Crippen LogP contribution is 2.47. The molecule has 1 aliphatic heterocycles. The van der Waals surface area contributed by atoms with Gasteiger partial charge in [-0.25, -0.2) is 13.8 Å². The van der Waals surface area contributed by atoms with Gasteiger partial charge in [0.2, 0.25) is 5.91 Å². The number of carbonyl (C=O) groups excluding carboxylic acids is 2. The van der Waals surface area contributed by atoms with E-state index in [1.54, 1.807) is 36.7 Å². The summed E-state index contributed by atoms with van der Waals surface area (Å²) in [6.07, 6.45) is 6.13. The fraction of sp³-hybridized carbons (Fsp3) is 0.258. The summed E-state index contributed by atoms with van der Waals surface area (Å²) in [6, 6.07) is 11.3. The summed E-state index contributed by atoms with van der Waals surface area (Å²) in [5.74, 6) is -2.64. The summed E-state index contributed by atoms with van der Waals surface area (Å²) in [7, 11) is 0. The lowest BCUT2D eigenvalue weighted by Crippen LogP contribution is -2.35. The van der Waals surface area contributed by atoms with E-state index in [0.717, 1.165) is 22.9 Å². The Labute approximate surface area is 244 Å². The van der Waals surface area contributed by atoms with Crippen LogP contribution in [-0.2, 0) is 23.1 Å². The Balaban J connectivity index is 1.18. The van der Waals surface area contributed by atoms with Gasteiger partial charge in [0.15, 0.2) is 11.6 Å². The van der Waals surface area contributed by atoms with Crippen molar-refractivity contribution in [3.8, 4) is 0 Å². The standard InChI is InChI=1S/C31H24F2N8O2/c32-22-7-1-4-18(25(22)33)19-8-9-23(27-20(5-2-10-35-27)26(19)40-41-34)38-29(42)17-12-16-13-31(14-24(16)37-15-17)21-6-3-11-36-28(21)39-30(31)43/h1-7,10-12,15,19,23,26H,8-9,13-14H2,(H,38,42)(H,36,39,43)/t19-,23+,26-,31-/m0/s1. The number of azide groups is 1. The summed E-state index contributed by atoms with van der Waals surface area (Å²) in [4.78, 5) is 43.0. The fourth-order valence-electron chi connectivity index (χ4n) is 6.78. The molecule has 10 nitrogen and oxygen atoms in total. The largest absolute Gasteiger partial charge is 0.344 e. The van der Waals surface area contributed by atoms with Gasteiger partial charge >= 0.3 is 0 Å². The maximum Gasteiger partial charge on any atom is 0.253 e. The zero-order valence-electron chi connectivity index (χ0n) is 22.7. The third-order valence-corrected chi connectivity index (χ3v) is 8.80. The number of hydrogen-bond acceptors (Lipinski definition) is 6. The summed E-state index contributed by atoms with van der Waals surface area (Å²) in [5, 5.41) is 9.88. The smallest absolute Gasteiger partial charge is 0.253 e. The zero-order valence-corrected chi connectivity index (χ0v) is 22.7. The predicted molar refractivity (Wildman–Crippen MR) is 151 cm³/mol. The summed E-state index contributed by atoms with van der Waals surface area (Å²) in [5.41, 5.74) is 12.4. The van der Waals surface area contributed by atoms with Crippen molar-refractivity contribution in [3.05, 3.63) is 128 Å². The molecule has 3 aromatic heterocycles. The number of nitrogens with zero attached hydrogens (tertiary/aromatic N) is 6. The summed E-state index contributed by atoms with van der Waals surface area (Å²) < 4.78 is 29.1. The number of anilines is 1. The molecule has 1 aromatic carbocycles. The molecule has 2 amide bonds. The average molecular weight is 579 g/mol. The van der Waals surface area contributed by atoms with E-state index >= 15 is 0 Å². The molecule has 7 rings (SSSR count). The number of halogens is 2. The first-order valence-electron chi connectivity index (χ1n) is 13.9. The highest BCUT2D eigenvalue weighted by molar-refractivity contribution is 6.06. The van der Waals surface area contributed by atoms with Crippen molar-refractivity contribution >= 4 is 17.6 Å². The summed E-state index contributed by atoms with van der Waals surface area (Å²) >= 11 is 0. The number of fused-ring (bicyclic) bond motifs is 4. The van der Waals surface area contributed by atoms with Crippen LogP contribution in [0.1, 0.15) is 74.8 Å². The number of amides is 2. The van der Waals surface area contributed by atoms with E-state index < -0.39 is 41.0 Å². The minimum absolute atomic E-state index is 0.101. The lowest BCUT2D eigenvalue weighted by atomic mass is 9.80. The molecule has 2 aliphatic carbocycles. The van der Waals surface area contributed by atoms with Crippen LogP contribution in [-0.4, -0.2) is 26.8 Å². The van der Waals surface area contributed by atoms with Crippen LogP contribution in [0.2, 0.25) is 0 Å². The van der Waals surface area contributed by atoms with Crippen LogP contribution < -0.4 is 10.6 Å². The third-order valence-electron chi connectivity index (χ3n) is 8.80. The first-order valence-corrected chi connectivity index (χ1v) is 13.9. The van der Waals surface area contributed by atoms with Gasteiger partial charge in [-0.3, -0.25) is 19.6 Å². The lowest BCUT2D eigenvalue weighted by molar-refractivity contribution is -0.120. The molecular weight excluding hydrogens is 554 g/mol. The van der Waals surface area contributed by atoms with Crippen molar-refractivity contribution < 1.29 is 18.4 Å². The number of aromatic nitrogens is 3. The van der Waals surface area contributed by atoms with Crippen LogP contribution in [0.4, 0.5) is 14.6 Å². The van der Waals surface area contributed by atoms with Crippen molar-refractivity contribution in [1.82, 2.24) is 20.3 Å². The number of benzene rings is 1. The van der Waals surface area contributed by atoms with Crippen LogP contribution in [0.5, 0.6) is 0 Å². The molecule has 4 heterocycles. The van der Waals surface area contributed by atoms with Gasteiger partial charge in [0.25, 0.3) is 5.91 Å². The van der Waals surface area contributed by atoms with Crippen molar-refractivity contribution in [2.75, 3.05) is 5.32 Å². The van der Waals surface area contributed by atoms with E-state index in [4.69, 9.17) is 0 Å². The highest BCUT2D eigenvalue weighted by atomic mass is 19.2. The van der Waals surface area contributed by atoms with Gasteiger partial charge in [0.05, 0.1) is 28.8 Å². The Morgan fingerprint density at radius 1 is 1.05 bits per heavy atom. The zero-order chi connectivity index (χ0) is 29.7. The maximum atomic E-state index is 14.9. The van der Waals surface area contributed by atoms with E-state index in [-0.39, 0.29) is 11.5 Å². The molecule has 43 heavy (non-hydrogen) atoms. The summed E-state index contributed by atoms with van der Waals surface area (Å²) in [6.45, 7) is 0. The third kappa shape index (κ3) is 4.29. The number of carbonyl (C=O) groups is 2. The predicted octanol–water partition coefficient (Wildman–Crippen LogP) is 5.54. The van der Waals surface area contributed by atoms with Gasteiger partial charge in [-0.1, -0.05) is 29.4 Å². The Hall–Kier alpha value is -5.22. The van der Waals surface area contributed by atoms with Crippen molar-refractivity contribution in [3.63, 3.8) is 0 Å². The quantitative estimate of drug-likeness (QED) is 0.141. The molecule has 3 aliphatic rings. The van der Waals surface area contributed by atoms with Crippen LogP contribution in [0.15, 0.2) is 72.2 Å². The molecule has 0 unspecified atom stereocenters. The minimum Gasteiger partial charge on any atom is -0.344 e. The van der Waals surface area contributed by atoms with Crippen molar-refractivity contribution in [1.29, 1.82) is 0 Å². The van der Waals surface area contributed by atoms with Gasteiger partial charge in [-0.15, -0.1) is 0 Å². The monoisotopic (exact) mass is 578 g/mol. The molecule has 0 saturated carbocycles. The molecule has 0 radical (unpaired) electrons. The van der Waals surface area contributed by atoms with Gasteiger partial charge in [-0.05, 0) is 71.7 Å². The normalized spacial score (nSPS) is 23.4. The van der Waals surface area contributed by atoms with Crippen LogP contribution >= 0.6 is 0 Å². The van der Waals surface area contributed by atoms with E-state index in [1.807, 2.05) is 6.07 Å². The van der Waals surface area contributed by atoms with E-state index in [1.165, 1.54) is 18.3 Å². The molecule has 2 N–H and O–H groups in total. The van der Waals surface area contributed by atoms with Crippen LogP contribution in [0.3, 0.4) is 0 Å². The van der Waals surface area contributed by atoms with E-state index in [0.29, 0.717) is 48.3 Å². The SMILES string of the molecule is [N-]=[N+]=N[C@@H]1c2cccnc2[C@H](NC(=O)c2cnc3c(c2)C[C@@]2(C3)C(=O)Nc3ncccc32)CC[C@H]1c1cccc(F)c1F. The fourth-order valence-corrected chi connectivity index (χ4v) is 6.78. The number of nitrogens with one attached hydrogen (secondary N) is 2. The molecule has 4 aromatic rings. The van der Waals surface area contributed by atoms with E-state index in [2.05, 4.69) is 35.6 Å². The Morgan fingerprint density at radius 3 is 2.72 bits per heavy atom. The van der Waals surface area contributed by atoms with Gasteiger partial charge in [0.1, 0.15) is 5.82 Å². The van der Waals surface area contributed by atoms with Crippen LogP contribution in [0, 0.1) is 11.6 Å². The molecule has 214 valence electrons. The highest BCUT2D eigenvalue weighted by Gasteiger charge is 2.51.